The molecule has 228 valence electrons. The summed E-state index contributed by atoms with van der Waals surface area (Å²) in [4.78, 5) is 24.9. The Morgan fingerprint density at radius 1 is 1.26 bits per heavy atom. The van der Waals surface area contributed by atoms with Crippen LogP contribution in [0.3, 0.4) is 0 Å². The molecule has 1 aliphatic carbocycles. The number of nitrogen functional groups attached to an aromatic ring is 1. The molecule has 5 rings (SSSR count). The molecule has 3 aromatic rings. The van der Waals surface area contributed by atoms with Crippen molar-refractivity contribution in [3.63, 3.8) is 0 Å². The lowest BCUT2D eigenvalue weighted by Crippen LogP contribution is -2.45. The van der Waals surface area contributed by atoms with Gasteiger partial charge in [-0.2, -0.15) is 14.8 Å². The van der Waals surface area contributed by atoms with Gasteiger partial charge < -0.3 is 28.8 Å². The lowest BCUT2D eigenvalue weighted by Gasteiger charge is -2.28. The maximum absolute atomic E-state index is 12.4. The Hall–Kier alpha value is -2.67. The normalized spacial score (nSPS) is 21.4. The number of ether oxygens (including phenoxy) is 2. The van der Waals surface area contributed by atoms with E-state index < -0.39 is 20.0 Å². The number of carbonyl (C=O) groups is 1. The van der Waals surface area contributed by atoms with Gasteiger partial charge in [0.15, 0.2) is 5.82 Å². The average Bonchev–Trinajstić information content (AvgIpc) is 3.61. The average molecular weight is 618 g/mol. The number of benzene rings is 1. The summed E-state index contributed by atoms with van der Waals surface area (Å²) in [6, 6.07) is 10.1. The molecule has 0 bridgehead atoms. The zero-order valence-corrected chi connectivity index (χ0v) is 26.6. The minimum Gasteiger partial charge on any atom is -0.468 e. The molecule has 4 atom stereocenters. The number of esters is 1. The number of fused-ring (bicyclic) bond motifs is 1. The van der Waals surface area contributed by atoms with Crippen molar-refractivity contribution in [2.24, 2.45) is 5.92 Å². The summed E-state index contributed by atoms with van der Waals surface area (Å²) in [7, 11) is -0.340. The number of anilines is 2. The highest BCUT2D eigenvalue weighted by Gasteiger charge is 2.38. The number of aryl methyl sites for hydroxylation is 1. The number of carbonyl (C=O) groups excluding carboxylic acids is 1. The molecule has 1 aliphatic heterocycles. The van der Waals surface area contributed by atoms with Gasteiger partial charge in [-0.3, -0.25) is 9.80 Å². The first-order valence-electron chi connectivity index (χ1n) is 14.0. The standard InChI is InChI=1S/C28H40N7O5PS/c1-17-7-11-20(12-8-17)40-41(32-28(3,4)26(36)37-5)38-16-21-15-18(2)25(39-21)34-14-13-22-23(34)30-27(29)31-24(22)35(33-42-6)19-9-10-19/h7-8,11-14,18-19,21,25,32-33H,9-10,15-16H2,1-6H3,(H2,29,30,31)/t18?,21?,25-,41?/m1/s1. The van der Waals surface area contributed by atoms with E-state index in [2.05, 4.69) is 31.8 Å². The molecule has 14 heteroatoms. The molecule has 2 aromatic heterocycles. The summed E-state index contributed by atoms with van der Waals surface area (Å²) >= 11 is 1.52. The zero-order chi connectivity index (χ0) is 30.0. The first kappa shape index (κ1) is 30.8. The largest absolute Gasteiger partial charge is 0.468 e. The van der Waals surface area contributed by atoms with Crippen LogP contribution in [0.15, 0.2) is 36.5 Å². The molecule has 12 nitrogen and oxygen atoms in total. The van der Waals surface area contributed by atoms with Crippen LogP contribution >= 0.6 is 20.5 Å². The van der Waals surface area contributed by atoms with Crippen LogP contribution < -0.4 is 25.2 Å². The Morgan fingerprint density at radius 3 is 2.67 bits per heavy atom. The van der Waals surface area contributed by atoms with Gasteiger partial charge in [-0.05, 0) is 64.5 Å². The van der Waals surface area contributed by atoms with Crippen molar-refractivity contribution in [3.8, 4) is 5.75 Å². The molecule has 0 amide bonds. The fourth-order valence-corrected chi connectivity index (χ4v) is 6.72. The number of methoxy groups -OCH3 is 1. The Morgan fingerprint density at radius 2 is 2.00 bits per heavy atom. The molecule has 1 aromatic carbocycles. The van der Waals surface area contributed by atoms with Crippen molar-refractivity contribution in [3.05, 3.63) is 42.1 Å². The van der Waals surface area contributed by atoms with Gasteiger partial charge in [0.25, 0.3) is 0 Å². The number of rotatable bonds is 13. The lowest BCUT2D eigenvalue weighted by atomic mass is 10.1. The highest BCUT2D eigenvalue weighted by Crippen LogP contribution is 2.42. The van der Waals surface area contributed by atoms with Crippen molar-refractivity contribution in [1.82, 2.24) is 24.5 Å². The summed E-state index contributed by atoms with van der Waals surface area (Å²) in [6.07, 6.45) is 6.50. The molecule has 4 N–H and O–H groups in total. The van der Waals surface area contributed by atoms with Crippen LogP contribution in [0.1, 0.15) is 51.8 Å². The highest BCUT2D eigenvalue weighted by atomic mass is 32.2. The van der Waals surface area contributed by atoms with E-state index in [0.29, 0.717) is 11.8 Å². The maximum Gasteiger partial charge on any atom is 0.325 e. The van der Waals surface area contributed by atoms with Crippen LogP contribution in [0.2, 0.25) is 0 Å². The molecule has 1 saturated heterocycles. The molecule has 1 saturated carbocycles. The van der Waals surface area contributed by atoms with Gasteiger partial charge in [0.05, 0.1) is 25.2 Å². The molecule has 2 fully saturated rings. The summed E-state index contributed by atoms with van der Waals surface area (Å²) in [5.41, 5.74) is 7.03. The smallest absolute Gasteiger partial charge is 0.325 e. The maximum atomic E-state index is 12.4. The van der Waals surface area contributed by atoms with Crippen LogP contribution in [0.4, 0.5) is 11.8 Å². The van der Waals surface area contributed by atoms with E-state index in [-0.39, 0.29) is 30.8 Å². The van der Waals surface area contributed by atoms with Gasteiger partial charge in [0, 0.05) is 18.2 Å². The second kappa shape index (κ2) is 12.9. The number of hydrogen-bond acceptors (Lipinski definition) is 12. The number of nitrogens with one attached hydrogen (secondary N) is 2. The zero-order valence-electron chi connectivity index (χ0n) is 24.9. The second-order valence-electron chi connectivity index (χ2n) is 11.3. The van der Waals surface area contributed by atoms with E-state index in [9.17, 15) is 4.79 Å². The summed E-state index contributed by atoms with van der Waals surface area (Å²) in [5, 5.41) is 6.20. The SMILES string of the molecule is COC(=O)C(C)(C)NP(OCC1CC(C)[C@H](n2ccc3c(N(NSC)C4CC4)nc(N)nc32)O1)Oc1ccc(C)cc1. The number of nitrogens with two attached hydrogens (primary N) is 1. The molecular weight excluding hydrogens is 577 g/mol. The minimum absolute atomic E-state index is 0.182. The molecule has 3 heterocycles. The van der Waals surface area contributed by atoms with Crippen molar-refractivity contribution < 1.29 is 23.3 Å². The Bertz CT molecular complexity index is 1390. The van der Waals surface area contributed by atoms with Gasteiger partial charge in [0.2, 0.25) is 5.95 Å². The second-order valence-corrected chi connectivity index (χ2v) is 13.1. The van der Waals surface area contributed by atoms with Crippen molar-refractivity contribution in [2.75, 3.05) is 30.7 Å². The number of hydrogen-bond donors (Lipinski definition) is 3. The Balaban J connectivity index is 1.31. The van der Waals surface area contributed by atoms with Gasteiger partial charge in [-0.25, -0.2) is 5.09 Å². The van der Waals surface area contributed by atoms with E-state index in [1.54, 1.807) is 13.8 Å². The minimum atomic E-state index is -1.70. The van der Waals surface area contributed by atoms with E-state index in [1.165, 1.54) is 19.1 Å². The third-order valence-corrected chi connectivity index (χ3v) is 9.16. The number of hydrazine groups is 1. The predicted molar refractivity (Wildman–Crippen MR) is 166 cm³/mol. The van der Waals surface area contributed by atoms with Crippen LogP contribution in [-0.2, 0) is 18.8 Å². The fourth-order valence-electron chi connectivity index (χ4n) is 4.97. The molecule has 0 radical (unpaired) electrons. The summed E-state index contributed by atoms with van der Waals surface area (Å²) < 4.78 is 25.9. The fraction of sp³-hybridized carbons (Fsp3) is 0.536. The van der Waals surface area contributed by atoms with E-state index >= 15 is 0 Å². The topological polar surface area (TPSA) is 138 Å². The van der Waals surface area contributed by atoms with Gasteiger partial charge >= 0.3 is 14.5 Å². The third kappa shape index (κ3) is 6.93. The van der Waals surface area contributed by atoms with Crippen molar-refractivity contribution in [2.45, 2.75) is 70.9 Å². The highest BCUT2D eigenvalue weighted by molar-refractivity contribution is 7.96. The number of aromatic nitrogens is 3. The van der Waals surface area contributed by atoms with Gasteiger partial charge in [-0.15, -0.1) is 0 Å². The quantitative estimate of drug-likeness (QED) is 0.105. The summed E-state index contributed by atoms with van der Waals surface area (Å²) in [5.74, 6) is 1.40. The Labute approximate surface area is 252 Å². The van der Waals surface area contributed by atoms with Crippen molar-refractivity contribution in [1.29, 1.82) is 0 Å². The van der Waals surface area contributed by atoms with Crippen LogP contribution in [-0.4, -0.2) is 58.2 Å². The first-order chi connectivity index (χ1) is 20.1. The van der Waals surface area contributed by atoms with Gasteiger partial charge in [0.1, 0.15) is 23.2 Å². The monoisotopic (exact) mass is 617 g/mol. The van der Waals surface area contributed by atoms with E-state index in [0.717, 1.165) is 41.7 Å². The van der Waals surface area contributed by atoms with Crippen LogP contribution in [0, 0.1) is 12.8 Å². The van der Waals surface area contributed by atoms with E-state index in [4.69, 9.17) is 24.3 Å². The lowest BCUT2D eigenvalue weighted by molar-refractivity contribution is -0.146. The molecule has 42 heavy (non-hydrogen) atoms. The molecule has 2 aliphatic rings. The predicted octanol–water partition coefficient (Wildman–Crippen LogP) is 4.86. The van der Waals surface area contributed by atoms with Crippen LogP contribution in [0.5, 0.6) is 5.75 Å². The summed E-state index contributed by atoms with van der Waals surface area (Å²) in [6.45, 7) is 7.90. The molecule has 3 unspecified atom stereocenters. The molecular formula is C28H40N7O5PS. The third-order valence-electron chi connectivity index (χ3n) is 7.28. The number of nitrogens with zero attached hydrogens (tertiary/aromatic N) is 4. The first-order valence-corrected chi connectivity index (χ1v) is 16.4. The Kier molecular flexibility index (Phi) is 9.46. The molecule has 0 spiro atoms. The van der Waals surface area contributed by atoms with E-state index in [1.807, 2.05) is 54.3 Å². The van der Waals surface area contributed by atoms with Crippen molar-refractivity contribution >= 4 is 49.2 Å². The van der Waals surface area contributed by atoms with Gasteiger partial charge in [-0.1, -0.05) is 36.6 Å². The van der Waals surface area contributed by atoms with Crippen LogP contribution in [0.25, 0.3) is 11.0 Å².